The van der Waals surface area contributed by atoms with Crippen LogP contribution in [0.2, 0.25) is 5.02 Å². The van der Waals surface area contributed by atoms with Crippen molar-refractivity contribution < 1.29 is 28.7 Å². The summed E-state index contributed by atoms with van der Waals surface area (Å²) in [6.45, 7) is 1.95. The number of hydrogen-bond acceptors (Lipinski definition) is 6. The van der Waals surface area contributed by atoms with Crippen molar-refractivity contribution >= 4 is 62.7 Å². The van der Waals surface area contributed by atoms with E-state index in [1.54, 1.807) is 42.5 Å². The Morgan fingerprint density at radius 3 is 2.32 bits per heavy atom. The number of esters is 2. The molecule has 10 heteroatoms. The highest BCUT2D eigenvalue weighted by atomic mass is 79.9. The highest BCUT2D eigenvalue weighted by molar-refractivity contribution is 9.10. The van der Waals surface area contributed by atoms with Crippen molar-refractivity contribution in [2.75, 3.05) is 23.8 Å². The van der Waals surface area contributed by atoms with Crippen molar-refractivity contribution in [2.24, 2.45) is 0 Å². The Labute approximate surface area is 211 Å². The van der Waals surface area contributed by atoms with Crippen LogP contribution in [0.3, 0.4) is 0 Å². The molecule has 2 rings (SSSR count). The zero-order chi connectivity index (χ0) is 24.9. The number of hydrogen-bond donors (Lipinski definition) is 2. The van der Waals surface area contributed by atoms with Crippen molar-refractivity contribution in [3.8, 4) is 0 Å². The van der Waals surface area contributed by atoms with Gasteiger partial charge in [0.05, 0.1) is 29.3 Å². The van der Waals surface area contributed by atoms with Gasteiger partial charge in [0, 0.05) is 16.6 Å². The number of ether oxygens (including phenoxy) is 2. The van der Waals surface area contributed by atoms with Gasteiger partial charge >= 0.3 is 11.9 Å². The van der Waals surface area contributed by atoms with E-state index in [4.69, 9.17) is 21.1 Å². The second kappa shape index (κ2) is 14.4. The van der Waals surface area contributed by atoms with Gasteiger partial charge in [0.15, 0.2) is 6.61 Å². The minimum Gasteiger partial charge on any atom is -0.462 e. The first-order chi connectivity index (χ1) is 16.3. The highest BCUT2D eigenvalue weighted by Gasteiger charge is 2.13. The second-order valence-corrected chi connectivity index (χ2v) is 8.62. The molecule has 0 bridgehead atoms. The summed E-state index contributed by atoms with van der Waals surface area (Å²) in [4.78, 5) is 47.8. The number of benzene rings is 2. The summed E-state index contributed by atoms with van der Waals surface area (Å²) in [5.74, 6) is -2.06. The van der Waals surface area contributed by atoms with Crippen LogP contribution in [0, 0.1) is 0 Å². The van der Waals surface area contributed by atoms with Gasteiger partial charge in [-0.05, 0) is 48.9 Å². The van der Waals surface area contributed by atoms with Crippen LogP contribution in [0.4, 0.5) is 11.4 Å². The quantitative estimate of drug-likeness (QED) is 0.271. The maximum atomic E-state index is 12.1. The first kappa shape index (κ1) is 27.3. The summed E-state index contributed by atoms with van der Waals surface area (Å²) >= 11 is 9.29. The lowest BCUT2D eigenvalue weighted by molar-refractivity contribution is -0.147. The summed E-state index contributed by atoms with van der Waals surface area (Å²) in [7, 11) is 0. The molecule has 0 aliphatic rings. The highest BCUT2D eigenvalue weighted by Crippen LogP contribution is 2.25. The third-order valence-corrected chi connectivity index (χ3v) is 5.32. The first-order valence-electron chi connectivity index (χ1n) is 10.8. The molecule has 0 saturated carbocycles. The summed E-state index contributed by atoms with van der Waals surface area (Å²) < 4.78 is 10.8. The van der Waals surface area contributed by atoms with Gasteiger partial charge < -0.3 is 20.1 Å². The number of carbonyl (C=O) groups is 4. The molecule has 0 radical (unpaired) electrons. The second-order valence-electron chi connectivity index (χ2n) is 7.30. The van der Waals surface area contributed by atoms with Crippen LogP contribution < -0.4 is 10.6 Å². The molecule has 0 unspecified atom stereocenters. The topological polar surface area (TPSA) is 111 Å². The van der Waals surface area contributed by atoms with Crippen LogP contribution in [0.15, 0.2) is 46.9 Å². The van der Waals surface area contributed by atoms with Gasteiger partial charge in [-0.25, -0.2) is 4.79 Å². The Morgan fingerprint density at radius 1 is 0.912 bits per heavy atom. The van der Waals surface area contributed by atoms with Crippen LogP contribution in [-0.4, -0.2) is 37.0 Å². The Balaban J connectivity index is 1.68. The van der Waals surface area contributed by atoms with Crippen LogP contribution in [0.1, 0.15) is 49.4 Å². The fourth-order valence-corrected chi connectivity index (χ4v) is 3.45. The Morgan fingerprint density at radius 2 is 1.65 bits per heavy atom. The molecule has 2 aromatic rings. The number of carbonyl (C=O) groups excluding carboxylic acids is 4. The smallest absolute Gasteiger partial charge is 0.338 e. The summed E-state index contributed by atoms with van der Waals surface area (Å²) in [6, 6.07) is 11.2. The van der Waals surface area contributed by atoms with E-state index in [-0.39, 0.29) is 12.8 Å². The van der Waals surface area contributed by atoms with Crippen molar-refractivity contribution in [3.05, 3.63) is 57.5 Å². The van der Waals surface area contributed by atoms with E-state index < -0.39 is 30.4 Å². The number of rotatable bonds is 12. The molecule has 0 aliphatic heterocycles. The van der Waals surface area contributed by atoms with Gasteiger partial charge in [-0.15, -0.1) is 0 Å². The van der Waals surface area contributed by atoms with Crippen molar-refractivity contribution in [1.29, 1.82) is 0 Å². The maximum absolute atomic E-state index is 12.1. The fourth-order valence-electron chi connectivity index (χ4n) is 2.72. The minimum atomic E-state index is -0.687. The van der Waals surface area contributed by atoms with Gasteiger partial charge in [-0.3, -0.25) is 14.4 Å². The fraction of sp³-hybridized carbons (Fsp3) is 0.333. The number of nitrogens with one attached hydrogen (secondary N) is 2. The SMILES string of the molecule is CCCCCOC(=O)c1ccc(NC(=O)CCC(=O)OCC(=O)Nc2ccc(Br)cc2Cl)cc1. The van der Waals surface area contributed by atoms with Crippen molar-refractivity contribution in [1.82, 2.24) is 0 Å². The van der Waals surface area contributed by atoms with E-state index in [0.717, 1.165) is 23.7 Å². The van der Waals surface area contributed by atoms with E-state index in [2.05, 4.69) is 33.5 Å². The molecule has 182 valence electrons. The number of amides is 2. The lowest BCUT2D eigenvalue weighted by Crippen LogP contribution is -2.22. The molecular weight excluding hydrogens is 528 g/mol. The third kappa shape index (κ3) is 9.93. The Hall–Kier alpha value is -2.91. The number of halogens is 2. The lowest BCUT2D eigenvalue weighted by Gasteiger charge is -2.09. The molecule has 0 aliphatic carbocycles. The van der Waals surface area contributed by atoms with Crippen molar-refractivity contribution in [3.63, 3.8) is 0 Å². The molecule has 2 N–H and O–H groups in total. The predicted molar refractivity (Wildman–Crippen MR) is 133 cm³/mol. The zero-order valence-corrected chi connectivity index (χ0v) is 21.0. The average molecular weight is 554 g/mol. The number of unbranched alkanes of at least 4 members (excludes halogenated alkanes) is 2. The van der Waals surface area contributed by atoms with Gasteiger partial charge in [0.1, 0.15) is 0 Å². The summed E-state index contributed by atoms with van der Waals surface area (Å²) in [5, 5.41) is 5.51. The van der Waals surface area contributed by atoms with Gasteiger partial charge in [-0.2, -0.15) is 0 Å². The largest absolute Gasteiger partial charge is 0.462 e. The van der Waals surface area contributed by atoms with E-state index in [1.165, 1.54) is 0 Å². The van der Waals surface area contributed by atoms with Gasteiger partial charge in [-0.1, -0.05) is 47.3 Å². The standard InChI is InChI=1S/C24H26BrClN2O6/c1-2-3-4-13-33-24(32)16-5-8-18(9-6-16)27-21(29)11-12-23(31)34-15-22(30)28-20-10-7-17(25)14-19(20)26/h5-10,14H,2-4,11-13,15H2,1H3,(H,27,29)(H,28,30). The molecule has 0 aromatic heterocycles. The first-order valence-corrected chi connectivity index (χ1v) is 11.9. The van der Waals surface area contributed by atoms with Crippen LogP contribution in [-0.2, 0) is 23.9 Å². The molecule has 2 amide bonds. The molecule has 34 heavy (non-hydrogen) atoms. The maximum Gasteiger partial charge on any atom is 0.338 e. The Kier molecular flexibility index (Phi) is 11.6. The van der Waals surface area contributed by atoms with E-state index in [1.807, 2.05) is 0 Å². The molecule has 0 fully saturated rings. The minimum absolute atomic E-state index is 0.125. The van der Waals surface area contributed by atoms with Crippen LogP contribution in [0.25, 0.3) is 0 Å². The molecule has 8 nitrogen and oxygen atoms in total. The van der Waals surface area contributed by atoms with Crippen LogP contribution in [0.5, 0.6) is 0 Å². The Bertz CT molecular complexity index is 1010. The normalized spacial score (nSPS) is 10.3. The van der Waals surface area contributed by atoms with Gasteiger partial charge in [0.2, 0.25) is 5.91 Å². The predicted octanol–water partition coefficient (Wildman–Crippen LogP) is 5.35. The van der Waals surface area contributed by atoms with E-state index in [9.17, 15) is 19.2 Å². The summed E-state index contributed by atoms with van der Waals surface area (Å²) in [6.07, 6.45) is 2.55. The molecule has 0 atom stereocenters. The molecule has 0 saturated heterocycles. The molecule has 2 aromatic carbocycles. The van der Waals surface area contributed by atoms with E-state index in [0.29, 0.717) is 28.6 Å². The lowest BCUT2D eigenvalue weighted by atomic mass is 10.2. The third-order valence-electron chi connectivity index (χ3n) is 4.51. The van der Waals surface area contributed by atoms with Crippen LogP contribution >= 0.6 is 27.5 Å². The van der Waals surface area contributed by atoms with Crippen molar-refractivity contribution in [2.45, 2.75) is 39.0 Å². The monoisotopic (exact) mass is 552 g/mol. The summed E-state index contributed by atoms with van der Waals surface area (Å²) in [5.41, 5.74) is 1.26. The van der Waals surface area contributed by atoms with E-state index >= 15 is 0 Å². The zero-order valence-electron chi connectivity index (χ0n) is 18.7. The molecular formula is C24H26BrClN2O6. The van der Waals surface area contributed by atoms with Gasteiger partial charge in [0.25, 0.3) is 5.91 Å². The average Bonchev–Trinajstić information content (AvgIpc) is 2.81. The molecule has 0 heterocycles. The molecule has 0 spiro atoms. The number of anilines is 2.